The van der Waals surface area contributed by atoms with E-state index in [1.54, 1.807) is 10.8 Å². The third-order valence-corrected chi connectivity index (χ3v) is 5.50. The lowest BCUT2D eigenvalue weighted by molar-refractivity contribution is 0.00997. The van der Waals surface area contributed by atoms with Gasteiger partial charge >= 0.3 is 0 Å². The molecule has 134 valence electrons. The summed E-state index contributed by atoms with van der Waals surface area (Å²) in [7, 11) is 2.19. The Hall–Kier alpha value is -2.51. The summed E-state index contributed by atoms with van der Waals surface area (Å²) in [6.45, 7) is 3.69. The standard InChI is InChI=1S/C19H22N6O/c1-23(12-17-16-5-3-2-4-14(16)8-9-26-17)15-10-24(11-15)19-7-6-18-21-20-13-25(18)22-19/h2-7,13,15,17H,8-12H2,1H3. The largest absolute Gasteiger partial charge is 0.372 e. The second kappa shape index (κ2) is 6.34. The molecule has 1 aromatic carbocycles. The van der Waals surface area contributed by atoms with Crippen molar-refractivity contribution in [1.82, 2.24) is 24.7 Å². The Bertz CT molecular complexity index is 919. The van der Waals surface area contributed by atoms with Crippen molar-refractivity contribution in [3.63, 3.8) is 0 Å². The van der Waals surface area contributed by atoms with Crippen LogP contribution in [0.2, 0.25) is 0 Å². The molecular formula is C19H22N6O. The van der Waals surface area contributed by atoms with E-state index in [4.69, 9.17) is 4.74 Å². The van der Waals surface area contributed by atoms with Crippen LogP contribution < -0.4 is 4.90 Å². The third-order valence-electron chi connectivity index (χ3n) is 5.50. The van der Waals surface area contributed by atoms with E-state index in [1.807, 2.05) is 12.1 Å². The van der Waals surface area contributed by atoms with Gasteiger partial charge in [0, 0.05) is 25.7 Å². The molecule has 3 aromatic rings. The average Bonchev–Trinajstić information content (AvgIpc) is 3.09. The van der Waals surface area contributed by atoms with Crippen molar-refractivity contribution in [3.8, 4) is 0 Å². The molecule has 2 aromatic heterocycles. The summed E-state index contributed by atoms with van der Waals surface area (Å²) in [5.74, 6) is 0.973. The van der Waals surface area contributed by atoms with E-state index in [-0.39, 0.29) is 6.10 Å². The average molecular weight is 350 g/mol. The molecule has 1 saturated heterocycles. The number of nitrogens with zero attached hydrogens (tertiary/aromatic N) is 6. The number of aromatic nitrogens is 4. The minimum absolute atomic E-state index is 0.172. The molecule has 0 aliphatic carbocycles. The van der Waals surface area contributed by atoms with E-state index in [0.29, 0.717) is 6.04 Å². The molecule has 1 fully saturated rings. The molecule has 0 radical (unpaired) electrons. The van der Waals surface area contributed by atoms with Crippen molar-refractivity contribution in [2.45, 2.75) is 18.6 Å². The first-order valence-electron chi connectivity index (χ1n) is 9.09. The summed E-state index contributed by atoms with van der Waals surface area (Å²) in [6.07, 6.45) is 2.83. The summed E-state index contributed by atoms with van der Waals surface area (Å²) in [5, 5.41) is 12.5. The van der Waals surface area contributed by atoms with Gasteiger partial charge in [0.05, 0.1) is 12.7 Å². The van der Waals surface area contributed by atoms with Crippen LogP contribution in [0.5, 0.6) is 0 Å². The number of hydrogen-bond acceptors (Lipinski definition) is 6. The molecule has 26 heavy (non-hydrogen) atoms. The molecule has 0 bridgehead atoms. The molecule has 2 aliphatic heterocycles. The van der Waals surface area contributed by atoms with Gasteiger partial charge in [-0.15, -0.1) is 15.3 Å². The minimum atomic E-state index is 0.172. The van der Waals surface area contributed by atoms with Crippen LogP contribution in [-0.4, -0.2) is 64.0 Å². The quantitative estimate of drug-likeness (QED) is 0.712. The van der Waals surface area contributed by atoms with Gasteiger partial charge in [-0.2, -0.15) is 4.52 Å². The maximum atomic E-state index is 6.06. The molecule has 0 spiro atoms. The van der Waals surface area contributed by atoms with Gasteiger partial charge in [-0.1, -0.05) is 24.3 Å². The van der Waals surface area contributed by atoms with E-state index in [9.17, 15) is 0 Å². The summed E-state index contributed by atoms with van der Waals surface area (Å²) < 4.78 is 7.78. The molecular weight excluding hydrogens is 328 g/mol. The zero-order valence-corrected chi connectivity index (χ0v) is 14.8. The lowest BCUT2D eigenvalue weighted by Gasteiger charge is -2.45. The zero-order valence-electron chi connectivity index (χ0n) is 14.8. The molecule has 0 saturated carbocycles. The number of ether oxygens (including phenoxy) is 1. The van der Waals surface area contributed by atoms with Crippen LogP contribution in [0.4, 0.5) is 5.82 Å². The Morgan fingerprint density at radius 3 is 3.00 bits per heavy atom. The maximum absolute atomic E-state index is 6.06. The van der Waals surface area contributed by atoms with Crippen LogP contribution in [0.1, 0.15) is 17.2 Å². The Kier molecular flexibility index (Phi) is 3.83. The maximum Gasteiger partial charge on any atom is 0.177 e. The van der Waals surface area contributed by atoms with Gasteiger partial charge in [-0.25, -0.2) is 0 Å². The Balaban J connectivity index is 1.22. The highest BCUT2D eigenvalue weighted by atomic mass is 16.5. The first-order valence-corrected chi connectivity index (χ1v) is 9.09. The molecule has 1 atom stereocenters. The highest BCUT2D eigenvalue weighted by molar-refractivity contribution is 5.47. The van der Waals surface area contributed by atoms with Crippen molar-refractivity contribution in [2.75, 3.05) is 38.2 Å². The Labute approximate surface area is 152 Å². The summed E-state index contributed by atoms with van der Waals surface area (Å²) >= 11 is 0. The molecule has 7 nitrogen and oxygen atoms in total. The molecule has 2 aliphatic rings. The number of fused-ring (bicyclic) bond motifs is 2. The van der Waals surface area contributed by atoms with Crippen LogP contribution in [0, 0.1) is 0 Å². The van der Waals surface area contributed by atoms with Crippen molar-refractivity contribution >= 4 is 11.5 Å². The fourth-order valence-corrected chi connectivity index (χ4v) is 3.85. The fourth-order valence-electron chi connectivity index (χ4n) is 3.85. The lowest BCUT2D eigenvalue weighted by Crippen LogP contribution is -2.59. The number of rotatable bonds is 4. The van der Waals surface area contributed by atoms with Crippen LogP contribution in [0.25, 0.3) is 5.65 Å². The molecule has 7 heteroatoms. The molecule has 0 N–H and O–H groups in total. The van der Waals surface area contributed by atoms with Gasteiger partial charge in [-0.05, 0) is 36.7 Å². The number of hydrogen-bond donors (Lipinski definition) is 0. The van der Waals surface area contributed by atoms with Gasteiger partial charge in [0.15, 0.2) is 5.65 Å². The van der Waals surface area contributed by atoms with Crippen molar-refractivity contribution in [3.05, 3.63) is 53.9 Å². The topological polar surface area (TPSA) is 58.8 Å². The van der Waals surface area contributed by atoms with Crippen LogP contribution >= 0.6 is 0 Å². The predicted molar refractivity (Wildman–Crippen MR) is 98.3 cm³/mol. The normalized spacial score (nSPS) is 20.4. The second-order valence-electron chi connectivity index (χ2n) is 7.13. The third kappa shape index (κ3) is 2.73. The van der Waals surface area contributed by atoms with E-state index >= 15 is 0 Å². The Morgan fingerprint density at radius 2 is 2.08 bits per heavy atom. The second-order valence-corrected chi connectivity index (χ2v) is 7.13. The SMILES string of the molecule is CN(CC1OCCc2ccccc21)C1CN(c2ccc3nncn3n2)C1. The van der Waals surface area contributed by atoms with Crippen LogP contribution in [0.15, 0.2) is 42.7 Å². The highest BCUT2D eigenvalue weighted by Gasteiger charge is 2.33. The van der Waals surface area contributed by atoms with Gasteiger partial charge in [0.25, 0.3) is 0 Å². The molecule has 4 heterocycles. The van der Waals surface area contributed by atoms with Crippen molar-refractivity contribution < 1.29 is 4.74 Å². The molecule has 0 amide bonds. The van der Waals surface area contributed by atoms with Gasteiger partial charge < -0.3 is 9.64 Å². The molecule has 1 unspecified atom stereocenters. The van der Waals surface area contributed by atoms with Crippen molar-refractivity contribution in [1.29, 1.82) is 0 Å². The van der Waals surface area contributed by atoms with Crippen LogP contribution in [-0.2, 0) is 11.2 Å². The zero-order chi connectivity index (χ0) is 17.5. The molecule has 5 rings (SSSR count). The predicted octanol–water partition coefficient (Wildman–Crippen LogP) is 1.56. The summed E-state index contributed by atoms with van der Waals surface area (Å²) in [6, 6.07) is 13.2. The lowest BCUT2D eigenvalue weighted by atomic mass is 9.96. The van der Waals surface area contributed by atoms with Crippen LogP contribution in [0.3, 0.4) is 0 Å². The number of anilines is 1. The van der Waals surface area contributed by atoms with Gasteiger partial charge in [0.2, 0.25) is 0 Å². The first kappa shape index (κ1) is 15.7. The highest BCUT2D eigenvalue weighted by Crippen LogP contribution is 2.29. The summed E-state index contributed by atoms with van der Waals surface area (Å²) in [4.78, 5) is 4.71. The smallest absolute Gasteiger partial charge is 0.177 e. The van der Waals surface area contributed by atoms with Gasteiger partial charge in [-0.3, -0.25) is 4.90 Å². The van der Waals surface area contributed by atoms with Gasteiger partial charge in [0.1, 0.15) is 12.1 Å². The first-order chi connectivity index (χ1) is 12.8. The summed E-state index contributed by atoms with van der Waals surface area (Å²) in [5.41, 5.74) is 3.55. The van der Waals surface area contributed by atoms with E-state index in [1.165, 1.54) is 11.1 Å². The van der Waals surface area contributed by atoms with E-state index in [0.717, 1.165) is 44.1 Å². The minimum Gasteiger partial charge on any atom is -0.372 e. The monoisotopic (exact) mass is 350 g/mol. The fraction of sp³-hybridized carbons (Fsp3) is 0.421. The van der Waals surface area contributed by atoms with E-state index in [2.05, 4.69) is 56.4 Å². The van der Waals surface area contributed by atoms with Crippen molar-refractivity contribution in [2.24, 2.45) is 0 Å². The Morgan fingerprint density at radius 1 is 1.19 bits per heavy atom. The van der Waals surface area contributed by atoms with E-state index < -0.39 is 0 Å². The number of likely N-dealkylation sites (N-methyl/N-ethyl adjacent to an activating group) is 1. The number of benzene rings is 1.